The molecule has 4 rings (SSSR count). The zero-order valence-electron chi connectivity index (χ0n) is 22.5. The molecule has 1 saturated carbocycles. The van der Waals surface area contributed by atoms with E-state index in [2.05, 4.69) is 15.3 Å². The van der Waals surface area contributed by atoms with Crippen LogP contribution < -0.4 is 14.8 Å². The summed E-state index contributed by atoms with van der Waals surface area (Å²) in [6.45, 7) is 6.64. The molecule has 0 spiro atoms. The van der Waals surface area contributed by atoms with Crippen LogP contribution >= 0.6 is 0 Å². The molecular formula is C29H30F3N3O5. The minimum atomic E-state index is -4.49. The molecule has 0 saturated heterocycles. The van der Waals surface area contributed by atoms with Gasteiger partial charge in [-0.3, -0.25) is 4.79 Å². The van der Waals surface area contributed by atoms with Crippen molar-refractivity contribution in [3.8, 4) is 22.9 Å². The molecule has 1 amide bonds. The van der Waals surface area contributed by atoms with Crippen molar-refractivity contribution in [2.75, 3.05) is 6.54 Å². The van der Waals surface area contributed by atoms with Gasteiger partial charge >= 0.3 is 12.1 Å². The van der Waals surface area contributed by atoms with Crippen LogP contribution in [0.25, 0.3) is 11.4 Å². The molecular weight excluding hydrogens is 527 g/mol. The molecule has 0 bridgehead atoms. The van der Waals surface area contributed by atoms with Crippen molar-refractivity contribution < 1.29 is 37.3 Å². The lowest BCUT2D eigenvalue weighted by Crippen LogP contribution is -2.38. The van der Waals surface area contributed by atoms with E-state index in [1.165, 1.54) is 32.2 Å². The second-order valence-corrected chi connectivity index (χ2v) is 10.3. The van der Waals surface area contributed by atoms with Crippen molar-refractivity contribution in [1.29, 1.82) is 0 Å². The zero-order valence-corrected chi connectivity index (χ0v) is 22.5. The number of carboxylic acid groups (broad SMARTS) is 1. The zero-order chi connectivity index (χ0) is 29.2. The predicted molar refractivity (Wildman–Crippen MR) is 140 cm³/mol. The Morgan fingerprint density at radius 1 is 1.15 bits per heavy atom. The van der Waals surface area contributed by atoms with Gasteiger partial charge in [0.2, 0.25) is 0 Å². The Hall–Kier alpha value is -4.15. The largest absolute Gasteiger partial charge is 0.489 e. The second kappa shape index (κ2) is 11.1. The number of carbonyl (C=O) groups excluding carboxylic acids is 1. The summed E-state index contributed by atoms with van der Waals surface area (Å²) in [4.78, 5) is 33.0. The van der Waals surface area contributed by atoms with Crippen LogP contribution in [0.1, 0.15) is 66.7 Å². The van der Waals surface area contributed by atoms with Gasteiger partial charge in [-0.05, 0) is 76.4 Å². The number of alkyl halides is 3. The monoisotopic (exact) mass is 557 g/mol. The summed E-state index contributed by atoms with van der Waals surface area (Å²) in [5.74, 6) is -0.359. The fourth-order valence-electron chi connectivity index (χ4n) is 3.95. The van der Waals surface area contributed by atoms with Crippen molar-refractivity contribution in [2.24, 2.45) is 0 Å². The molecule has 2 aromatic carbocycles. The molecule has 8 nitrogen and oxygen atoms in total. The van der Waals surface area contributed by atoms with Crippen LogP contribution in [0.5, 0.6) is 11.5 Å². The van der Waals surface area contributed by atoms with Crippen molar-refractivity contribution >= 4 is 11.9 Å². The Kier molecular flexibility index (Phi) is 8.04. The highest BCUT2D eigenvalue weighted by molar-refractivity contribution is 5.95. The summed E-state index contributed by atoms with van der Waals surface area (Å²) in [5, 5.41) is 12.1. The summed E-state index contributed by atoms with van der Waals surface area (Å²) < 4.78 is 51.0. The van der Waals surface area contributed by atoms with Crippen molar-refractivity contribution in [3.05, 3.63) is 71.0 Å². The first-order chi connectivity index (χ1) is 18.7. The van der Waals surface area contributed by atoms with Crippen LogP contribution in [0.4, 0.5) is 13.2 Å². The van der Waals surface area contributed by atoms with E-state index in [0.717, 1.165) is 25.0 Å². The topological polar surface area (TPSA) is 111 Å². The molecule has 1 aliphatic carbocycles. The van der Waals surface area contributed by atoms with Crippen LogP contribution in [0, 0.1) is 6.92 Å². The van der Waals surface area contributed by atoms with Crippen molar-refractivity contribution in [1.82, 2.24) is 15.3 Å². The summed E-state index contributed by atoms with van der Waals surface area (Å²) in [6, 6.07) is 9.80. The Morgan fingerprint density at radius 3 is 2.50 bits per heavy atom. The van der Waals surface area contributed by atoms with Gasteiger partial charge in [-0.1, -0.05) is 12.1 Å². The molecule has 1 unspecified atom stereocenters. The Balaban J connectivity index is 1.41. The number of halogens is 3. The van der Waals surface area contributed by atoms with Crippen LogP contribution in [0.2, 0.25) is 0 Å². The maximum absolute atomic E-state index is 13.2. The number of benzene rings is 2. The molecule has 212 valence electrons. The van der Waals surface area contributed by atoms with Crippen LogP contribution in [0.15, 0.2) is 48.7 Å². The number of nitrogens with zero attached hydrogens (tertiary/aromatic N) is 2. The summed E-state index contributed by atoms with van der Waals surface area (Å²) in [5.41, 5.74) is -0.468. The summed E-state index contributed by atoms with van der Waals surface area (Å²) >= 11 is 0. The SMILES string of the molecule is Cc1cc(OC(C)CNC(=O)c2cnc(-c3cccc(C(F)(F)F)c3)nc2C2CC2)ccc1OC(C)(C)C(=O)O. The third kappa shape index (κ3) is 6.88. The van der Waals surface area contributed by atoms with Crippen LogP contribution in [-0.4, -0.2) is 45.2 Å². The predicted octanol–water partition coefficient (Wildman–Crippen LogP) is 5.79. The van der Waals surface area contributed by atoms with Gasteiger partial charge in [0.05, 0.1) is 23.4 Å². The number of rotatable bonds is 10. The first-order valence-corrected chi connectivity index (χ1v) is 12.8. The van der Waals surface area contributed by atoms with E-state index in [9.17, 15) is 27.9 Å². The normalized spacial score (nSPS) is 14.4. The average Bonchev–Trinajstić information content (AvgIpc) is 3.73. The number of ether oxygens (including phenoxy) is 2. The second-order valence-electron chi connectivity index (χ2n) is 10.3. The van der Waals surface area contributed by atoms with E-state index in [1.54, 1.807) is 32.0 Å². The van der Waals surface area contributed by atoms with Gasteiger partial charge in [0.25, 0.3) is 5.91 Å². The molecule has 11 heteroatoms. The fourth-order valence-corrected chi connectivity index (χ4v) is 3.95. The van der Waals surface area contributed by atoms with Gasteiger partial charge in [0.15, 0.2) is 11.4 Å². The quantitative estimate of drug-likeness (QED) is 0.325. The highest BCUT2D eigenvalue weighted by Gasteiger charge is 2.33. The van der Waals surface area contributed by atoms with E-state index in [0.29, 0.717) is 22.8 Å². The number of aryl methyl sites for hydroxylation is 1. The van der Waals surface area contributed by atoms with Gasteiger partial charge in [-0.15, -0.1) is 0 Å². The average molecular weight is 558 g/mol. The number of carbonyl (C=O) groups is 2. The maximum Gasteiger partial charge on any atom is 0.416 e. The summed E-state index contributed by atoms with van der Waals surface area (Å²) in [7, 11) is 0. The lowest BCUT2D eigenvalue weighted by atomic mass is 10.1. The molecule has 2 N–H and O–H groups in total. The molecule has 1 fully saturated rings. The Bertz CT molecular complexity index is 1420. The van der Waals surface area contributed by atoms with Gasteiger partial charge in [0.1, 0.15) is 17.6 Å². The molecule has 0 radical (unpaired) electrons. The standard InChI is InChI=1S/C29H30F3N3O5/c1-16-12-21(10-11-23(16)40-28(3,4)27(37)38)39-17(2)14-34-26(36)22-15-33-25(35-24(22)18-8-9-18)19-6-5-7-20(13-19)29(30,31)32/h5-7,10-13,15,17-18H,8-9,14H2,1-4H3,(H,34,36)(H,37,38). The minimum Gasteiger partial charge on any atom is -0.489 e. The molecule has 40 heavy (non-hydrogen) atoms. The highest BCUT2D eigenvalue weighted by atomic mass is 19.4. The van der Waals surface area contributed by atoms with Crippen LogP contribution in [-0.2, 0) is 11.0 Å². The molecule has 1 heterocycles. The van der Waals surface area contributed by atoms with E-state index in [-0.39, 0.29) is 29.4 Å². The first-order valence-electron chi connectivity index (χ1n) is 12.8. The minimum absolute atomic E-state index is 0.0526. The van der Waals surface area contributed by atoms with Crippen LogP contribution in [0.3, 0.4) is 0 Å². The third-order valence-electron chi connectivity index (χ3n) is 6.39. The number of hydrogen-bond acceptors (Lipinski definition) is 6. The van der Waals surface area contributed by atoms with Gasteiger partial charge < -0.3 is 19.9 Å². The van der Waals surface area contributed by atoms with Gasteiger partial charge in [-0.25, -0.2) is 14.8 Å². The highest BCUT2D eigenvalue weighted by Crippen LogP contribution is 2.41. The van der Waals surface area contributed by atoms with Crippen molar-refractivity contribution in [3.63, 3.8) is 0 Å². The number of aromatic nitrogens is 2. The Morgan fingerprint density at radius 2 is 1.88 bits per heavy atom. The van der Waals surface area contributed by atoms with Gasteiger partial charge in [0, 0.05) is 17.7 Å². The number of amides is 1. The number of nitrogens with one attached hydrogen (secondary N) is 1. The molecule has 3 aromatic rings. The maximum atomic E-state index is 13.2. The molecule has 1 aliphatic rings. The smallest absolute Gasteiger partial charge is 0.416 e. The van der Waals surface area contributed by atoms with E-state index >= 15 is 0 Å². The third-order valence-corrected chi connectivity index (χ3v) is 6.39. The van der Waals surface area contributed by atoms with E-state index < -0.39 is 35.3 Å². The number of hydrogen-bond donors (Lipinski definition) is 2. The number of carboxylic acids is 1. The van der Waals surface area contributed by atoms with E-state index in [1.807, 2.05) is 0 Å². The van der Waals surface area contributed by atoms with E-state index in [4.69, 9.17) is 9.47 Å². The first kappa shape index (κ1) is 28.8. The molecule has 1 aromatic heterocycles. The van der Waals surface area contributed by atoms with Gasteiger partial charge in [-0.2, -0.15) is 13.2 Å². The molecule has 0 aliphatic heterocycles. The molecule has 1 atom stereocenters. The Labute approximate surface area is 229 Å². The number of aliphatic carboxylic acids is 1. The fraction of sp³-hybridized carbons (Fsp3) is 0.379. The lowest BCUT2D eigenvalue weighted by Gasteiger charge is -2.23. The lowest BCUT2D eigenvalue weighted by molar-refractivity contribution is -0.152. The summed E-state index contributed by atoms with van der Waals surface area (Å²) in [6.07, 6.45) is -1.87. The van der Waals surface area contributed by atoms with Crippen molar-refractivity contribution in [2.45, 2.75) is 64.3 Å².